The van der Waals surface area contributed by atoms with E-state index >= 15 is 0 Å². The van der Waals surface area contributed by atoms with Crippen LogP contribution in [-0.2, 0) is 9.53 Å². The zero-order chi connectivity index (χ0) is 14.3. The van der Waals surface area contributed by atoms with Gasteiger partial charge in [0.1, 0.15) is 0 Å². The highest BCUT2D eigenvalue weighted by molar-refractivity contribution is 5.95. The normalized spacial score (nSPS) is 9.84. The van der Waals surface area contributed by atoms with Gasteiger partial charge in [-0.25, -0.2) is 4.79 Å². The second-order valence-corrected chi connectivity index (χ2v) is 3.90. The molecule has 0 fully saturated rings. The van der Waals surface area contributed by atoms with Gasteiger partial charge in [0.05, 0.1) is 13.2 Å². The van der Waals surface area contributed by atoms with Gasteiger partial charge in [-0.3, -0.25) is 10.1 Å². The Labute approximate surface area is 112 Å². The first-order valence-corrected chi connectivity index (χ1v) is 6.06. The molecule has 104 valence electrons. The standard InChI is InChI=1S/C13H19N3O3/c1-4-19-13(18)16-11-7-5-6-10(9(11)2)15-12(17)8-14-3/h5-7,14H,4,8H2,1-3H3,(H,15,17)(H,16,18). The summed E-state index contributed by atoms with van der Waals surface area (Å²) in [6.45, 7) is 4.09. The van der Waals surface area contributed by atoms with Crippen LogP contribution in [0.5, 0.6) is 0 Å². The maximum atomic E-state index is 11.5. The van der Waals surface area contributed by atoms with Crippen LogP contribution in [0.3, 0.4) is 0 Å². The highest BCUT2D eigenvalue weighted by Crippen LogP contribution is 2.23. The van der Waals surface area contributed by atoms with Crippen LogP contribution in [0, 0.1) is 6.92 Å². The Kier molecular flexibility index (Phi) is 5.81. The minimum absolute atomic E-state index is 0.140. The van der Waals surface area contributed by atoms with Crippen LogP contribution >= 0.6 is 0 Å². The number of likely N-dealkylation sites (N-methyl/N-ethyl adjacent to an activating group) is 1. The van der Waals surface area contributed by atoms with E-state index in [1.807, 2.05) is 6.92 Å². The van der Waals surface area contributed by atoms with Crippen LogP contribution in [0.4, 0.5) is 16.2 Å². The molecule has 1 aromatic carbocycles. The third kappa shape index (κ3) is 4.59. The lowest BCUT2D eigenvalue weighted by atomic mass is 10.1. The third-order valence-corrected chi connectivity index (χ3v) is 2.46. The number of anilines is 2. The summed E-state index contributed by atoms with van der Waals surface area (Å²) in [4.78, 5) is 22.9. The van der Waals surface area contributed by atoms with Gasteiger partial charge in [-0.15, -0.1) is 0 Å². The van der Waals surface area contributed by atoms with E-state index < -0.39 is 6.09 Å². The lowest BCUT2D eigenvalue weighted by Gasteiger charge is -2.13. The fraction of sp³-hybridized carbons (Fsp3) is 0.385. The van der Waals surface area contributed by atoms with Crippen molar-refractivity contribution in [3.8, 4) is 0 Å². The van der Waals surface area contributed by atoms with E-state index in [2.05, 4.69) is 16.0 Å². The predicted octanol–water partition coefficient (Wildman–Crippen LogP) is 1.72. The molecule has 0 spiro atoms. The molecule has 19 heavy (non-hydrogen) atoms. The number of ether oxygens (including phenoxy) is 1. The molecule has 0 saturated carbocycles. The Hall–Kier alpha value is -2.08. The van der Waals surface area contributed by atoms with Gasteiger partial charge in [-0.2, -0.15) is 0 Å². The molecule has 6 nitrogen and oxygen atoms in total. The quantitative estimate of drug-likeness (QED) is 0.757. The maximum absolute atomic E-state index is 11.5. The summed E-state index contributed by atoms with van der Waals surface area (Å²) in [5, 5.41) is 8.16. The predicted molar refractivity (Wildman–Crippen MR) is 74.4 cm³/mol. The van der Waals surface area contributed by atoms with Gasteiger partial charge in [0, 0.05) is 11.4 Å². The first-order chi connectivity index (χ1) is 9.08. The average Bonchev–Trinajstić information content (AvgIpc) is 2.35. The lowest BCUT2D eigenvalue weighted by molar-refractivity contribution is -0.115. The van der Waals surface area contributed by atoms with Crippen molar-refractivity contribution in [3.05, 3.63) is 23.8 Å². The molecule has 0 saturated heterocycles. The van der Waals surface area contributed by atoms with Crippen molar-refractivity contribution in [1.82, 2.24) is 5.32 Å². The number of carbonyl (C=O) groups is 2. The van der Waals surface area contributed by atoms with Gasteiger partial charge < -0.3 is 15.4 Å². The monoisotopic (exact) mass is 265 g/mol. The summed E-state index contributed by atoms with van der Waals surface area (Å²) in [6, 6.07) is 5.28. The molecule has 6 heteroatoms. The van der Waals surface area contributed by atoms with Crippen molar-refractivity contribution >= 4 is 23.4 Å². The molecule has 1 aromatic rings. The van der Waals surface area contributed by atoms with Gasteiger partial charge >= 0.3 is 6.09 Å². The first kappa shape index (κ1) is 15.0. The Morgan fingerprint density at radius 3 is 2.42 bits per heavy atom. The highest BCUT2D eigenvalue weighted by Gasteiger charge is 2.09. The van der Waals surface area contributed by atoms with E-state index in [0.29, 0.717) is 18.0 Å². The molecular weight excluding hydrogens is 246 g/mol. The number of benzene rings is 1. The fourth-order valence-corrected chi connectivity index (χ4v) is 1.54. The van der Waals surface area contributed by atoms with E-state index in [4.69, 9.17) is 4.74 Å². The molecule has 0 radical (unpaired) electrons. The van der Waals surface area contributed by atoms with Gasteiger partial charge in [-0.05, 0) is 38.6 Å². The van der Waals surface area contributed by atoms with Gasteiger partial charge in [-0.1, -0.05) is 6.07 Å². The zero-order valence-corrected chi connectivity index (χ0v) is 11.4. The molecule has 0 heterocycles. The number of hydrogen-bond acceptors (Lipinski definition) is 4. The Morgan fingerprint density at radius 1 is 1.21 bits per heavy atom. The summed E-state index contributed by atoms with van der Waals surface area (Å²) in [6.07, 6.45) is -0.510. The molecule has 1 rings (SSSR count). The number of carbonyl (C=O) groups excluding carboxylic acids is 2. The molecule has 2 amide bonds. The second-order valence-electron chi connectivity index (χ2n) is 3.90. The summed E-state index contributed by atoms with van der Waals surface area (Å²) in [5.74, 6) is -0.140. The Morgan fingerprint density at radius 2 is 1.84 bits per heavy atom. The number of nitrogens with one attached hydrogen (secondary N) is 3. The highest BCUT2D eigenvalue weighted by atomic mass is 16.5. The summed E-state index contributed by atoms with van der Waals surface area (Å²) in [5.41, 5.74) is 2.05. The Bertz CT molecular complexity index is 422. The summed E-state index contributed by atoms with van der Waals surface area (Å²) >= 11 is 0. The topological polar surface area (TPSA) is 79.5 Å². The molecule has 0 bridgehead atoms. The van der Waals surface area contributed by atoms with Crippen molar-refractivity contribution in [2.24, 2.45) is 0 Å². The summed E-state index contributed by atoms with van der Waals surface area (Å²) in [7, 11) is 1.70. The van der Waals surface area contributed by atoms with Crippen molar-refractivity contribution in [1.29, 1.82) is 0 Å². The van der Waals surface area contributed by atoms with Crippen molar-refractivity contribution < 1.29 is 14.3 Å². The SMILES string of the molecule is CCOC(=O)Nc1cccc(NC(=O)CNC)c1C. The Balaban J connectivity index is 2.80. The van der Waals surface area contributed by atoms with Crippen LogP contribution in [0.25, 0.3) is 0 Å². The van der Waals surface area contributed by atoms with Crippen LogP contribution in [0.15, 0.2) is 18.2 Å². The zero-order valence-electron chi connectivity index (χ0n) is 11.4. The van der Waals surface area contributed by atoms with Crippen LogP contribution in [-0.4, -0.2) is 32.2 Å². The molecule has 3 N–H and O–H groups in total. The first-order valence-electron chi connectivity index (χ1n) is 6.06. The van der Waals surface area contributed by atoms with Crippen LogP contribution in [0.1, 0.15) is 12.5 Å². The fourth-order valence-electron chi connectivity index (χ4n) is 1.54. The molecule has 0 aromatic heterocycles. The molecule has 0 aliphatic rings. The molecular formula is C13H19N3O3. The minimum atomic E-state index is -0.510. The lowest BCUT2D eigenvalue weighted by Crippen LogP contribution is -2.25. The molecule has 0 atom stereocenters. The maximum Gasteiger partial charge on any atom is 0.411 e. The van der Waals surface area contributed by atoms with Crippen molar-refractivity contribution in [2.75, 3.05) is 30.8 Å². The van der Waals surface area contributed by atoms with E-state index in [1.165, 1.54) is 0 Å². The van der Waals surface area contributed by atoms with E-state index in [1.54, 1.807) is 32.2 Å². The number of rotatable bonds is 5. The molecule has 0 aliphatic carbocycles. The average molecular weight is 265 g/mol. The van der Waals surface area contributed by atoms with Crippen LogP contribution < -0.4 is 16.0 Å². The van der Waals surface area contributed by atoms with Gasteiger partial charge in [0.15, 0.2) is 0 Å². The van der Waals surface area contributed by atoms with Crippen molar-refractivity contribution in [3.63, 3.8) is 0 Å². The smallest absolute Gasteiger partial charge is 0.411 e. The largest absolute Gasteiger partial charge is 0.450 e. The van der Waals surface area contributed by atoms with Gasteiger partial charge in [0.2, 0.25) is 5.91 Å². The van der Waals surface area contributed by atoms with E-state index in [9.17, 15) is 9.59 Å². The number of hydrogen-bond donors (Lipinski definition) is 3. The minimum Gasteiger partial charge on any atom is -0.450 e. The summed E-state index contributed by atoms with van der Waals surface area (Å²) < 4.78 is 4.81. The van der Waals surface area contributed by atoms with Gasteiger partial charge in [0.25, 0.3) is 0 Å². The van der Waals surface area contributed by atoms with Crippen LogP contribution in [0.2, 0.25) is 0 Å². The van der Waals surface area contributed by atoms with Crippen molar-refractivity contribution in [2.45, 2.75) is 13.8 Å². The van der Waals surface area contributed by atoms with E-state index in [0.717, 1.165) is 5.56 Å². The molecule has 0 unspecified atom stereocenters. The number of amides is 2. The van der Waals surface area contributed by atoms with E-state index in [-0.39, 0.29) is 12.5 Å². The third-order valence-electron chi connectivity index (χ3n) is 2.46. The second kappa shape index (κ2) is 7.38. The molecule has 0 aliphatic heterocycles.